The number of anilines is 2. The smallest absolute Gasteiger partial charge is 0.225 e. The van der Waals surface area contributed by atoms with Gasteiger partial charge in [-0.15, -0.1) is 6.58 Å². The van der Waals surface area contributed by atoms with Crippen LogP contribution in [0.1, 0.15) is 58.3 Å². The topological polar surface area (TPSA) is 84.0 Å². The van der Waals surface area contributed by atoms with Gasteiger partial charge in [-0.2, -0.15) is 0 Å². The maximum Gasteiger partial charge on any atom is 0.225 e. The Morgan fingerprint density at radius 1 is 0.926 bits per heavy atom. The molecular weight excluding hydrogens is 340 g/mol. The van der Waals surface area contributed by atoms with Crippen LogP contribution >= 0.6 is 0 Å². The average Bonchev–Trinajstić information content (AvgIpc) is 2.63. The molecule has 0 unspecified atom stereocenters. The SMILES string of the molecule is C=CCCCCCCCCC(=O)Nc1ccc2ccc(NC(C)=O)nc2n1. The fraction of sp³-hybridized carbons (Fsp3) is 0.429. The van der Waals surface area contributed by atoms with E-state index in [0.717, 1.165) is 31.1 Å². The number of hydrogen-bond acceptors (Lipinski definition) is 4. The number of pyridine rings is 2. The van der Waals surface area contributed by atoms with Crippen molar-refractivity contribution >= 4 is 34.5 Å². The molecule has 0 saturated heterocycles. The van der Waals surface area contributed by atoms with Crippen LogP contribution in [-0.2, 0) is 9.59 Å². The molecule has 2 aromatic heterocycles. The number of amides is 2. The molecule has 2 aromatic rings. The van der Waals surface area contributed by atoms with Gasteiger partial charge in [-0.25, -0.2) is 9.97 Å². The summed E-state index contributed by atoms with van der Waals surface area (Å²) in [5.41, 5.74) is 0.485. The van der Waals surface area contributed by atoms with E-state index in [2.05, 4.69) is 27.2 Å². The van der Waals surface area contributed by atoms with Crippen LogP contribution in [-0.4, -0.2) is 21.8 Å². The normalized spacial score (nSPS) is 10.6. The van der Waals surface area contributed by atoms with E-state index in [9.17, 15) is 9.59 Å². The number of allylic oxidation sites excluding steroid dienone is 1. The summed E-state index contributed by atoms with van der Waals surface area (Å²) >= 11 is 0. The quantitative estimate of drug-likeness (QED) is 0.439. The molecule has 6 heteroatoms. The molecule has 0 spiro atoms. The first-order valence-electron chi connectivity index (χ1n) is 9.54. The van der Waals surface area contributed by atoms with Crippen LogP contribution in [0.4, 0.5) is 11.6 Å². The number of aromatic nitrogens is 2. The molecule has 2 rings (SSSR count). The van der Waals surface area contributed by atoms with Crippen molar-refractivity contribution in [3.8, 4) is 0 Å². The van der Waals surface area contributed by atoms with E-state index in [1.807, 2.05) is 18.2 Å². The van der Waals surface area contributed by atoms with Crippen molar-refractivity contribution < 1.29 is 9.59 Å². The zero-order chi connectivity index (χ0) is 19.5. The van der Waals surface area contributed by atoms with E-state index in [-0.39, 0.29) is 11.8 Å². The lowest BCUT2D eigenvalue weighted by molar-refractivity contribution is -0.116. The van der Waals surface area contributed by atoms with Crippen LogP contribution in [0.3, 0.4) is 0 Å². The number of hydrogen-bond donors (Lipinski definition) is 2. The number of carbonyl (C=O) groups excluding carboxylic acids is 2. The monoisotopic (exact) mass is 368 g/mol. The highest BCUT2D eigenvalue weighted by Gasteiger charge is 2.06. The van der Waals surface area contributed by atoms with Crippen molar-refractivity contribution in [3.05, 3.63) is 36.9 Å². The highest BCUT2D eigenvalue weighted by molar-refractivity contribution is 5.92. The first-order valence-corrected chi connectivity index (χ1v) is 9.54. The van der Waals surface area contributed by atoms with Crippen LogP contribution in [0.15, 0.2) is 36.9 Å². The summed E-state index contributed by atoms with van der Waals surface area (Å²) in [5.74, 6) is 0.696. The van der Waals surface area contributed by atoms with Gasteiger partial charge in [0.15, 0.2) is 5.65 Å². The number of nitrogens with one attached hydrogen (secondary N) is 2. The molecule has 0 bridgehead atoms. The molecule has 0 aliphatic heterocycles. The maximum absolute atomic E-state index is 12.1. The van der Waals surface area contributed by atoms with Crippen molar-refractivity contribution in [2.24, 2.45) is 0 Å². The van der Waals surface area contributed by atoms with E-state index in [0.29, 0.717) is 23.7 Å². The van der Waals surface area contributed by atoms with Crippen molar-refractivity contribution in [3.63, 3.8) is 0 Å². The maximum atomic E-state index is 12.1. The summed E-state index contributed by atoms with van der Waals surface area (Å²) in [6.07, 6.45) is 10.3. The van der Waals surface area contributed by atoms with Gasteiger partial charge in [-0.05, 0) is 43.5 Å². The third kappa shape index (κ3) is 7.56. The molecule has 0 fully saturated rings. The average molecular weight is 368 g/mol. The Morgan fingerprint density at radius 3 is 2.15 bits per heavy atom. The molecular formula is C21H28N4O2. The van der Waals surface area contributed by atoms with Gasteiger partial charge in [0.25, 0.3) is 0 Å². The molecule has 0 atom stereocenters. The van der Waals surface area contributed by atoms with Crippen LogP contribution in [0.5, 0.6) is 0 Å². The number of rotatable bonds is 11. The van der Waals surface area contributed by atoms with Gasteiger partial charge in [-0.3, -0.25) is 9.59 Å². The molecule has 0 aliphatic rings. The minimum absolute atomic E-state index is 0.0356. The number of carbonyl (C=O) groups is 2. The summed E-state index contributed by atoms with van der Waals surface area (Å²) in [6, 6.07) is 7.17. The Kier molecular flexibility index (Phi) is 8.42. The Hall–Kier alpha value is -2.76. The van der Waals surface area contributed by atoms with Crippen molar-refractivity contribution in [2.75, 3.05) is 10.6 Å². The first kappa shape index (κ1) is 20.6. The summed E-state index contributed by atoms with van der Waals surface area (Å²) in [7, 11) is 0. The third-order valence-electron chi connectivity index (χ3n) is 4.19. The second-order valence-corrected chi connectivity index (χ2v) is 6.62. The lowest BCUT2D eigenvalue weighted by Gasteiger charge is -2.07. The lowest BCUT2D eigenvalue weighted by Crippen LogP contribution is -2.12. The van der Waals surface area contributed by atoms with Crippen LogP contribution in [0.25, 0.3) is 11.0 Å². The summed E-state index contributed by atoms with van der Waals surface area (Å²) in [6.45, 7) is 5.15. The molecule has 2 heterocycles. The van der Waals surface area contributed by atoms with E-state index < -0.39 is 0 Å². The van der Waals surface area contributed by atoms with Gasteiger partial charge in [0.2, 0.25) is 11.8 Å². The van der Waals surface area contributed by atoms with E-state index in [1.54, 1.807) is 12.1 Å². The molecule has 6 nitrogen and oxygen atoms in total. The van der Waals surface area contributed by atoms with Crippen molar-refractivity contribution in [1.82, 2.24) is 9.97 Å². The fourth-order valence-corrected chi connectivity index (χ4v) is 2.81. The van der Waals surface area contributed by atoms with Crippen molar-refractivity contribution in [1.29, 1.82) is 0 Å². The largest absolute Gasteiger partial charge is 0.311 e. The Morgan fingerprint density at radius 2 is 1.52 bits per heavy atom. The predicted octanol–water partition coefficient (Wildman–Crippen LogP) is 4.83. The number of fused-ring (bicyclic) bond motifs is 1. The van der Waals surface area contributed by atoms with Gasteiger partial charge < -0.3 is 10.6 Å². The summed E-state index contributed by atoms with van der Waals surface area (Å²) in [5, 5.41) is 6.30. The first-order chi connectivity index (χ1) is 13.1. The highest BCUT2D eigenvalue weighted by atomic mass is 16.2. The van der Waals surface area contributed by atoms with Crippen LogP contribution in [0.2, 0.25) is 0 Å². The molecule has 0 aliphatic carbocycles. The third-order valence-corrected chi connectivity index (χ3v) is 4.19. The fourth-order valence-electron chi connectivity index (χ4n) is 2.81. The van der Waals surface area contributed by atoms with Gasteiger partial charge in [-0.1, -0.05) is 31.8 Å². The molecule has 2 amide bonds. The highest BCUT2D eigenvalue weighted by Crippen LogP contribution is 2.17. The Bertz CT molecular complexity index is 789. The zero-order valence-electron chi connectivity index (χ0n) is 16.0. The standard InChI is InChI=1S/C21H28N4O2/c1-3-4-5-6-7-8-9-10-11-20(27)23-19-15-13-17-12-14-18(22-16(2)26)24-21(17)25-19/h3,12-15H,1,4-11H2,2H3,(H2,22,23,24,25,26,27). The van der Waals surface area contributed by atoms with Crippen LogP contribution in [0, 0.1) is 0 Å². The molecule has 0 radical (unpaired) electrons. The van der Waals surface area contributed by atoms with Gasteiger partial charge in [0.05, 0.1) is 0 Å². The Balaban J connectivity index is 1.78. The molecule has 144 valence electrons. The lowest BCUT2D eigenvalue weighted by atomic mass is 10.1. The van der Waals surface area contributed by atoms with E-state index in [1.165, 1.54) is 26.2 Å². The van der Waals surface area contributed by atoms with Gasteiger partial charge in [0, 0.05) is 18.7 Å². The zero-order valence-corrected chi connectivity index (χ0v) is 16.0. The predicted molar refractivity (Wildman–Crippen MR) is 110 cm³/mol. The molecule has 2 N–H and O–H groups in total. The Labute approximate surface area is 160 Å². The summed E-state index contributed by atoms with van der Waals surface area (Å²) < 4.78 is 0. The van der Waals surface area contributed by atoms with E-state index >= 15 is 0 Å². The van der Waals surface area contributed by atoms with Crippen LogP contribution < -0.4 is 10.6 Å². The minimum atomic E-state index is -0.188. The number of unbranched alkanes of at least 4 members (excludes halogenated alkanes) is 6. The minimum Gasteiger partial charge on any atom is -0.311 e. The second kappa shape index (κ2) is 11.1. The van der Waals surface area contributed by atoms with Gasteiger partial charge >= 0.3 is 0 Å². The molecule has 27 heavy (non-hydrogen) atoms. The number of nitrogens with zero attached hydrogens (tertiary/aromatic N) is 2. The summed E-state index contributed by atoms with van der Waals surface area (Å²) in [4.78, 5) is 31.9. The molecule has 0 saturated carbocycles. The molecule has 0 aromatic carbocycles. The van der Waals surface area contributed by atoms with Crippen molar-refractivity contribution in [2.45, 2.75) is 58.3 Å². The second-order valence-electron chi connectivity index (χ2n) is 6.62. The van der Waals surface area contributed by atoms with E-state index in [4.69, 9.17) is 0 Å². The van der Waals surface area contributed by atoms with Gasteiger partial charge in [0.1, 0.15) is 11.6 Å².